The number of hydrogen-bond donors (Lipinski definition) is 3. The molecule has 2 atom stereocenters. The Labute approximate surface area is 204 Å². The topological polar surface area (TPSA) is 90.9 Å². The summed E-state index contributed by atoms with van der Waals surface area (Å²) in [6.07, 6.45) is 0.628. The Morgan fingerprint density at radius 2 is 1.94 bits per heavy atom. The average molecular weight is 492 g/mol. The highest BCUT2D eigenvalue weighted by atomic mass is 35.5. The molecule has 0 aliphatic carbocycles. The molecule has 1 aliphatic rings. The van der Waals surface area contributed by atoms with Crippen LogP contribution in [0.5, 0.6) is 0 Å². The molecule has 2 aromatic rings. The Morgan fingerprint density at radius 1 is 1.21 bits per heavy atom. The number of morpholine rings is 1. The maximum absolute atomic E-state index is 14.2. The third-order valence-electron chi connectivity index (χ3n) is 6.08. The summed E-state index contributed by atoms with van der Waals surface area (Å²) in [6.45, 7) is 7.94. The predicted octanol–water partition coefficient (Wildman–Crippen LogP) is 5.95. The van der Waals surface area contributed by atoms with Crippen LogP contribution in [0, 0.1) is 11.7 Å². The third kappa shape index (κ3) is 6.39. The molecule has 2 unspecified atom stereocenters. The number of carbonyl (C=O) groups excluding carboxylic acids is 1. The van der Waals surface area contributed by atoms with Crippen molar-refractivity contribution in [1.82, 2.24) is 0 Å². The first kappa shape index (κ1) is 25.8. The fraction of sp³-hybridized carbons (Fsp3) is 0.440. The fourth-order valence-electron chi connectivity index (χ4n) is 4.21. The van der Waals surface area contributed by atoms with E-state index >= 15 is 0 Å². The molecular weight excluding hydrogens is 461 g/mol. The third-order valence-corrected chi connectivity index (χ3v) is 6.31. The van der Waals surface area contributed by atoms with Gasteiger partial charge in [-0.05, 0) is 54.2 Å². The minimum atomic E-state index is -0.880. The van der Waals surface area contributed by atoms with Crippen LogP contribution in [-0.4, -0.2) is 42.9 Å². The normalized spacial score (nSPS) is 16.9. The minimum absolute atomic E-state index is 0.00310. The number of benzene rings is 2. The molecule has 0 radical (unpaired) electrons. The van der Waals surface area contributed by atoms with Gasteiger partial charge in [0, 0.05) is 11.6 Å². The van der Waals surface area contributed by atoms with Crippen LogP contribution in [0.1, 0.15) is 45.1 Å². The van der Waals surface area contributed by atoms with E-state index in [0.29, 0.717) is 37.8 Å². The van der Waals surface area contributed by atoms with Crippen LogP contribution in [0.15, 0.2) is 36.4 Å². The van der Waals surface area contributed by atoms with Gasteiger partial charge in [0.25, 0.3) is 0 Å². The lowest BCUT2D eigenvalue weighted by Crippen LogP contribution is -2.48. The summed E-state index contributed by atoms with van der Waals surface area (Å²) in [5.74, 6) is -1.42. The van der Waals surface area contributed by atoms with E-state index in [2.05, 4.69) is 29.4 Å². The van der Waals surface area contributed by atoms with Crippen molar-refractivity contribution in [3.63, 3.8) is 0 Å². The van der Waals surface area contributed by atoms with E-state index in [1.807, 2.05) is 25.1 Å². The number of nitrogens with one attached hydrogen (secondary N) is 2. The molecule has 0 spiro atoms. The molecule has 0 saturated carbocycles. The number of nitrogens with zero attached hydrogens (tertiary/aromatic N) is 1. The maximum atomic E-state index is 14.2. The summed E-state index contributed by atoms with van der Waals surface area (Å²) in [5.41, 5.74) is 2.16. The summed E-state index contributed by atoms with van der Waals surface area (Å²) in [4.78, 5) is 26.4. The second kappa shape index (κ2) is 11.5. The zero-order valence-corrected chi connectivity index (χ0v) is 20.4. The van der Waals surface area contributed by atoms with Crippen LogP contribution in [-0.2, 0) is 9.53 Å². The summed E-state index contributed by atoms with van der Waals surface area (Å²) in [6, 6.07) is 9.16. The number of aliphatic carboxylic acids is 1. The molecule has 9 heteroatoms. The first-order valence-electron chi connectivity index (χ1n) is 11.4. The first-order valence-corrected chi connectivity index (χ1v) is 11.8. The van der Waals surface area contributed by atoms with Crippen LogP contribution < -0.4 is 15.5 Å². The Bertz CT molecular complexity index is 1030. The fourth-order valence-corrected chi connectivity index (χ4v) is 4.37. The highest BCUT2D eigenvalue weighted by Crippen LogP contribution is 2.35. The average Bonchev–Trinajstić information content (AvgIpc) is 2.79. The second-order valence-electron chi connectivity index (χ2n) is 8.76. The molecule has 1 fully saturated rings. The van der Waals surface area contributed by atoms with Gasteiger partial charge in [-0.25, -0.2) is 9.18 Å². The van der Waals surface area contributed by atoms with Crippen molar-refractivity contribution in [2.24, 2.45) is 5.92 Å². The predicted molar refractivity (Wildman–Crippen MR) is 133 cm³/mol. The highest BCUT2D eigenvalue weighted by Gasteiger charge is 2.28. The summed E-state index contributed by atoms with van der Waals surface area (Å²) in [5, 5.41) is 14.9. The zero-order valence-electron chi connectivity index (χ0n) is 19.6. The van der Waals surface area contributed by atoms with Crippen molar-refractivity contribution in [3.05, 3.63) is 52.8 Å². The van der Waals surface area contributed by atoms with Gasteiger partial charge in [-0.1, -0.05) is 38.4 Å². The molecule has 0 bridgehead atoms. The van der Waals surface area contributed by atoms with Gasteiger partial charge in [0.15, 0.2) is 0 Å². The maximum Gasteiger partial charge on any atom is 0.323 e. The SMILES string of the molecule is CCC(CC(=O)O)c1ccc(N2CCOCC2C(C)C)c(NC(=O)Nc2ccc(Cl)cc2F)c1. The molecule has 3 rings (SSSR count). The lowest BCUT2D eigenvalue weighted by atomic mass is 9.92. The van der Waals surface area contributed by atoms with Crippen molar-refractivity contribution in [3.8, 4) is 0 Å². The molecule has 184 valence electrons. The van der Waals surface area contributed by atoms with Gasteiger partial charge in [-0.2, -0.15) is 0 Å². The molecular formula is C25H31ClFN3O4. The Hall–Kier alpha value is -2.84. The number of amides is 2. The van der Waals surface area contributed by atoms with Crippen LogP contribution in [0.3, 0.4) is 0 Å². The van der Waals surface area contributed by atoms with Crippen LogP contribution in [0.25, 0.3) is 0 Å². The van der Waals surface area contributed by atoms with Gasteiger partial charge in [0.2, 0.25) is 0 Å². The van der Waals surface area contributed by atoms with Crippen molar-refractivity contribution < 1.29 is 23.8 Å². The van der Waals surface area contributed by atoms with Crippen LogP contribution in [0.2, 0.25) is 5.02 Å². The highest BCUT2D eigenvalue weighted by molar-refractivity contribution is 6.30. The molecule has 3 N–H and O–H groups in total. The number of carbonyl (C=O) groups is 2. The van der Waals surface area contributed by atoms with E-state index in [-0.39, 0.29) is 29.1 Å². The zero-order chi connectivity index (χ0) is 24.8. The van der Waals surface area contributed by atoms with Crippen LogP contribution in [0.4, 0.5) is 26.2 Å². The van der Waals surface area contributed by atoms with Crippen LogP contribution >= 0.6 is 11.6 Å². The van der Waals surface area contributed by atoms with E-state index in [0.717, 1.165) is 17.3 Å². The van der Waals surface area contributed by atoms with Crippen molar-refractivity contribution >= 4 is 40.7 Å². The van der Waals surface area contributed by atoms with E-state index in [1.54, 1.807) is 0 Å². The second-order valence-corrected chi connectivity index (χ2v) is 9.20. The molecule has 1 heterocycles. The molecule has 7 nitrogen and oxygen atoms in total. The monoisotopic (exact) mass is 491 g/mol. The number of halogens is 2. The lowest BCUT2D eigenvalue weighted by molar-refractivity contribution is -0.137. The Kier molecular flexibility index (Phi) is 8.74. The number of carboxylic acids is 1. The van der Waals surface area contributed by atoms with Gasteiger partial charge in [-0.3, -0.25) is 4.79 Å². The Balaban J connectivity index is 1.95. The van der Waals surface area contributed by atoms with Crippen molar-refractivity contribution in [1.29, 1.82) is 0 Å². The Morgan fingerprint density at radius 3 is 2.59 bits per heavy atom. The van der Waals surface area contributed by atoms with E-state index in [9.17, 15) is 19.1 Å². The van der Waals surface area contributed by atoms with E-state index in [4.69, 9.17) is 16.3 Å². The summed E-state index contributed by atoms with van der Waals surface area (Å²) in [7, 11) is 0. The number of carboxylic acid groups (broad SMARTS) is 1. The van der Waals surface area contributed by atoms with E-state index in [1.165, 1.54) is 12.1 Å². The molecule has 1 aliphatic heterocycles. The van der Waals surface area contributed by atoms with Crippen molar-refractivity contribution in [2.45, 2.75) is 45.6 Å². The van der Waals surface area contributed by atoms with Crippen molar-refractivity contribution in [2.75, 3.05) is 35.3 Å². The largest absolute Gasteiger partial charge is 0.481 e. The number of ether oxygens (including phenoxy) is 1. The van der Waals surface area contributed by atoms with Gasteiger partial charge in [0.05, 0.1) is 42.7 Å². The number of urea groups is 1. The molecule has 2 aromatic carbocycles. The number of rotatable bonds is 8. The van der Waals surface area contributed by atoms with Gasteiger partial charge >= 0.3 is 12.0 Å². The smallest absolute Gasteiger partial charge is 0.323 e. The minimum Gasteiger partial charge on any atom is -0.481 e. The molecule has 2 amide bonds. The molecule has 34 heavy (non-hydrogen) atoms. The standard InChI is InChI=1S/C25H31ClFN3O4/c1-4-16(12-24(31)32)17-5-8-22(30-9-10-34-14-23(30)15(2)3)21(11-17)29-25(33)28-20-7-6-18(26)13-19(20)27/h5-8,11,13,15-16,23H,4,9-10,12,14H2,1-3H3,(H,31,32)(H2,28,29,33). The van der Waals surface area contributed by atoms with Gasteiger partial charge in [-0.15, -0.1) is 0 Å². The quantitative estimate of drug-likeness (QED) is 0.424. The van der Waals surface area contributed by atoms with Gasteiger partial charge < -0.3 is 25.4 Å². The summed E-state index contributed by atoms with van der Waals surface area (Å²) < 4.78 is 19.9. The lowest BCUT2D eigenvalue weighted by Gasteiger charge is -2.40. The first-order chi connectivity index (χ1) is 16.2. The number of anilines is 3. The van der Waals surface area contributed by atoms with Gasteiger partial charge in [0.1, 0.15) is 5.82 Å². The molecule has 0 aromatic heterocycles. The number of hydrogen-bond acceptors (Lipinski definition) is 4. The summed E-state index contributed by atoms with van der Waals surface area (Å²) >= 11 is 5.80. The van der Waals surface area contributed by atoms with E-state index < -0.39 is 17.8 Å². The molecule has 1 saturated heterocycles.